The van der Waals surface area contributed by atoms with Crippen molar-refractivity contribution >= 4 is 15.5 Å². The highest BCUT2D eigenvalue weighted by molar-refractivity contribution is 7.91. The molecule has 8 heteroatoms. The van der Waals surface area contributed by atoms with E-state index in [2.05, 4.69) is 4.98 Å². The van der Waals surface area contributed by atoms with Crippen molar-refractivity contribution in [2.75, 3.05) is 5.73 Å². The van der Waals surface area contributed by atoms with Crippen LogP contribution >= 0.6 is 0 Å². The first-order valence-electron chi connectivity index (χ1n) is 4.84. The molecule has 0 radical (unpaired) electrons. The van der Waals surface area contributed by atoms with Gasteiger partial charge in [-0.3, -0.25) is 9.78 Å². The summed E-state index contributed by atoms with van der Waals surface area (Å²) in [5.74, 6) is 0. The van der Waals surface area contributed by atoms with Crippen LogP contribution < -0.4 is 17.0 Å². The quantitative estimate of drug-likeness (QED) is 0.631. The first-order valence-corrected chi connectivity index (χ1v) is 6.32. The van der Waals surface area contributed by atoms with E-state index in [1.54, 1.807) is 0 Å². The minimum atomic E-state index is -3.97. The van der Waals surface area contributed by atoms with Gasteiger partial charge in [-0.2, -0.15) is 0 Å². The highest BCUT2D eigenvalue weighted by Crippen LogP contribution is 2.17. The topological polar surface area (TPSA) is 126 Å². The van der Waals surface area contributed by atoms with Crippen molar-refractivity contribution in [3.63, 3.8) is 0 Å². The number of anilines is 1. The lowest BCUT2D eigenvalue weighted by molar-refractivity contribution is 0.594. The molecule has 18 heavy (non-hydrogen) atoms. The zero-order valence-electron chi connectivity index (χ0n) is 9.01. The number of aromatic nitrogens is 2. The van der Waals surface area contributed by atoms with Gasteiger partial charge in [0.25, 0.3) is 5.56 Å². The molecule has 0 spiro atoms. The Morgan fingerprint density at radius 1 is 1.06 bits per heavy atom. The van der Waals surface area contributed by atoms with Crippen LogP contribution in [0.4, 0.5) is 5.69 Å². The number of sulfone groups is 1. The lowest BCUT2D eigenvalue weighted by Gasteiger charge is -2.03. The maximum Gasteiger partial charge on any atom is 0.325 e. The van der Waals surface area contributed by atoms with Crippen LogP contribution in [0.1, 0.15) is 0 Å². The van der Waals surface area contributed by atoms with Crippen molar-refractivity contribution in [2.24, 2.45) is 0 Å². The molecule has 1 aromatic carbocycles. The number of rotatable bonds is 2. The number of aromatic amines is 2. The second-order valence-corrected chi connectivity index (χ2v) is 5.43. The Kier molecular flexibility index (Phi) is 2.79. The van der Waals surface area contributed by atoms with Crippen molar-refractivity contribution in [3.05, 3.63) is 51.3 Å². The van der Waals surface area contributed by atoms with Crippen LogP contribution in [0.3, 0.4) is 0 Å². The summed E-state index contributed by atoms with van der Waals surface area (Å²) >= 11 is 0. The van der Waals surface area contributed by atoms with E-state index in [-0.39, 0.29) is 4.90 Å². The molecule has 0 saturated carbocycles. The van der Waals surface area contributed by atoms with Crippen LogP contribution in [0.5, 0.6) is 0 Å². The van der Waals surface area contributed by atoms with Crippen molar-refractivity contribution < 1.29 is 8.42 Å². The number of H-pyrrole nitrogens is 2. The monoisotopic (exact) mass is 267 g/mol. The molecule has 2 rings (SSSR count). The first-order chi connectivity index (χ1) is 8.41. The van der Waals surface area contributed by atoms with E-state index in [9.17, 15) is 18.0 Å². The van der Waals surface area contributed by atoms with Gasteiger partial charge in [0.1, 0.15) is 0 Å². The van der Waals surface area contributed by atoms with Gasteiger partial charge in [0.2, 0.25) is 9.84 Å². The fourth-order valence-corrected chi connectivity index (χ4v) is 2.63. The van der Waals surface area contributed by atoms with Crippen molar-refractivity contribution in [2.45, 2.75) is 9.79 Å². The molecule has 4 N–H and O–H groups in total. The molecular formula is C10H9N3O4S. The second kappa shape index (κ2) is 4.15. The third kappa shape index (κ3) is 2.05. The molecule has 0 amide bonds. The predicted molar refractivity (Wildman–Crippen MR) is 64.0 cm³/mol. The van der Waals surface area contributed by atoms with Gasteiger partial charge >= 0.3 is 5.69 Å². The largest absolute Gasteiger partial charge is 0.399 e. The molecule has 7 nitrogen and oxygen atoms in total. The molecule has 0 saturated heterocycles. The Hall–Kier alpha value is -2.35. The lowest BCUT2D eigenvalue weighted by Crippen LogP contribution is -2.26. The molecule has 0 atom stereocenters. The van der Waals surface area contributed by atoms with Gasteiger partial charge in [-0.1, -0.05) is 0 Å². The Labute approximate surface area is 101 Å². The first kappa shape index (κ1) is 12.1. The Balaban J connectivity index is 2.65. The zero-order valence-corrected chi connectivity index (χ0v) is 9.82. The summed E-state index contributed by atoms with van der Waals surface area (Å²) in [7, 11) is -3.97. The van der Waals surface area contributed by atoms with E-state index >= 15 is 0 Å². The Bertz CT molecular complexity index is 787. The standard InChI is InChI=1S/C10H9N3O4S/c11-6-1-3-7(4-2-6)18(16,17)8-5-12-10(15)13-9(8)14/h1-5H,11H2,(H2,12,13,14,15). The van der Waals surface area contributed by atoms with E-state index in [4.69, 9.17) is 5.73 Å². The van der Waals surface area contributed by atoms with Crippen molar-refractivity contribution in [1.82, 2.24) is 9.97 Å². The van der Waals surface area contributed by atoms with Gasteiger partial charge in [0.15, 0.2) is 4.90 Å². The number of benzene rings is 1. The summed E-state index contributed by atoms with van der Waals surface area (Å²) in [6.45, 7) is 0. The molecular weight excluding hydrogens is 258 g/mol. The molecule has 2 aromatic rings. The minimum absolute atomic E-state index is 0.0748. The number of hydrogen-bond donors (Lipinski definition) is 3. The van der Waals surface area contributed by atoms with Crippen LogP contribution in [0.25, 0.3) is 0 Å². The lowest BCUT2D eigenvalue weighted by atomic mass is 10.3. The summed E-state index contributed by atoms with van der Waals surface area (Å²) in [5.41, 5.74) is 4.13. The van der Waals surface area contributed by atoms with Gasteiger partial charge in [0, 0.05) is 11.9 Å². The average molecular weight is 267 g/mol. The summed E-state index contributed by atoms with van der Waals surface area (Å²) < 4.78 is 24.2. The number of hydrogen-bond acceptors (Lipinski definition) is 5. The van der Waals surface area contributed by atoms with Gasteiger partial charge in [0.05, 0.1) is 4.90 Å². The Morgan fingerprint density at radius 2 is 1.67 bits per heavy atom. The third-order valence-corrected chi connectivity index (χ3v) is 4.04. The summed E-state index contributed by atoms with van der Waals surface area (Å²) in [5, 5.41) is 0. The van der Waals surface area contributed by atoms with E-state index < -0.39 is 26.0 Å². The molecule has 0 aliphatic rings. The SMILES string of the molecule is Nc1ccc(S(=O)(=O)c2c[nH]c(=O)[nH]c2=O)cc1. The van der Waals surface area contributed by atoms with Crippen molar-refractivity contribution in [1.29, 1.82) is 0 Å². The molecule has 0 unspecified atom stereocenters. The molecule has 1 aromatic heterocycles. The highest BCUT2D eigenvalue weighted by Gasteiger charge is 2.21. The maximum absolute atomic E-state index is 12.1. The number of nitrogen functional groups attached to an aromatic ring is 1. The third-order valence-electron chi connectivity index (χ3n) is 2.27. The zero-order chi connectivity index (χ0) is 13.3. The fraction of sp³-hybridized carbons (Fsp3) is 0. The molecule has 0 aliphatic carbocycles. The summed E-state index contributed by atoms with van der Waals surface area (Å²) in [6, 6.07) is 5.39. The van der Waals surface area contributed by atoms with Gasteiger partial charge in [-0.05, 0) is 24.3 Å². The van der Waals surface area contributed by atoms with Gasteiger partial charge in [-0.15, -0.1) is 0 Å². The van der Waals surface area contributed by atoms with Crippen LogP contribution in [0.2, 0.25) is 0 Å². The van der Waals surface area contributed by atoms with E-state index in [0.717, 1.165) is 6.20 Å². The van der Waals surface area contributed by atoms with Crippen LogP contribution in [-0.2, 0) is 9.84 Å². The van der Waals surface area contributed by atoms with Crippen LogP contribution in [-0.4, -0.2) is 18.4 Å². The maximum atomic E-state index is 12.1. The smallest absolute Gasteiger partial charge is 0.325 e. The normalized spacial score (nSPS) is 11.3. The van der Waals surface area contributed by atoms with Gasteiger partial charge in [-0.25, -0.2) is 13.2 Å². The Morgan fingerprint density at radius 3 is 2.22 bits per heavy atom. The van der Waals surface area contributed by atoms with E-state index in [1.165, 1.54) is 24.3 Å². The number of nitrogens with two attached hydrogens (primary N) is 1. The second-order valence-electron chi connectivity index (χ2n) is 3.51. The molecule has 1 heterocycles. The molecule has 0 bridgehead atoms. The van der Waals surface area contributed by atoms with E-state index in [0.29, 0.717) is 5.69 Å². The van der Waals surface area contributed by atoms with E-state index in [1.807, 2.05) is 4.98 Å². The molecule has 94 valence electrons. The molecule has 0 aliphatic heterocycles. The van der Waals surface area contributed by atoms with Crippen LogP contribution in [0, 0.1) is 0 Å². The predicted octanol–water partition coefficient (Wildman–Crippen LogP) is -0.522. The average Bonchev–Trinajstić information content (AvgIpc) is 2.29. The summed E-state index contributed by atoms with van der Waals surface area (Å²) in [6.07, 6.45) is 0.868. The van der Waals surface area contributed by atoms with Crippen LogP contribution in [0.15, 0.2) is 49.8 Å². The minimum Gasteiger partial charge on any atom is -0.399 e. The summed E-state index contributed by atoms with van der Waals surface area (Å²) in [4.78, 5) is 25.6. The fourth-order valence-electron chi connectivity index (χ4n) is 1.37. The number of nitrogens with one attached hydrogen (secondary N) is 2. The highest BCUT2D eigenvalue weighted by atomic mass is 32.2. The molecule has 0 fully saturated rings. The van der Waals surface area contributed by atoms with Crippen molar-refractivity contribution in [3.8, 4) is 0 Å². The van der Waals surface area contributed by atoms with Gasteiger partial charge < -0.3 is 10.7 Å².